The van der Waals surface area contributed by atoms with Crippen LogP contribution in [-0.4, -0.2) is 29.1 Å². The number of aromatic nitrogens is 1. The van der Waals surface area contributed by atoms with E-state index in [1.165, 1.54) is 5.56 Å². The fourth-order valence-corrected chi connectivity index (χ4v) is 4.73. The van der Waals surface area contributed by atoms with Crippen molar-refractivity contribution in [3.63, 3.8) is 0 Å². The normalized spacial score (nSPS) is 15.3. The van der Waals surface area contributed by atoms with Crippen LogP contribution < -0.4 is 9.47 Å². The SMILES string of the molecule is CCCOc1ccc(C2c3[nH]c4ccc(Cl)cc4c3CCN2C(=O)Oc2ccc(Cl)cc2)cc1. The van der Waals surface area contributed by atoms with Gasteiger partial charge >= 0.3 is 6.09 Å². The highest BCUT2D eigenvalue weighted by atomic mass is 35.5. The van der Waals surface area contributed by atoms with E-state index in [1.807, 2.05) is 42.5 Å². The van der Waals surface area contributed by atoms with Crippen molar-refractivity contribution in [3.05, 3.63) is 93.6 Å². The first-order chi connectivity index (χ1) is 16.5. The van der Waals surface area contributed by atoms with Gasteiger partial charge in [0, 0.05) is 33.2 Å². The minimum atomic E-state index is -0.416. The van der Waals surface area contributed by atoms with Gasteiger partial charge in [-0.2, -0.15) is 0 Å². The standard InChI is InChI=1S/C27H24Cl2N2O3/c1-2-15-33-20-8-3-17(4-9-20)26-25-22(23-16-19(29)7-12-24(23)30-25)13-14-31(26)27(32)34-21-10-5-18(28)6-11-21/h3-12,16,26,30H,2,13-15H2,1H3. The molecule has 1 unspecified atom stereocenters. The van der Waals surface area contributed by atoms with Gasteiger partial charge < -0.3 is 14.5 Å². The van der Waals surface area contributed by atoms with E-state index in [0.29, 0.717) is 35.4 Å². The number of benzene rings is 3. The maximum Gasteiger partial charge on any atom is 0.416 e. The van der Waals surface area contributed by atoms with Crippen molar-refractivity contribution in [1.82, 2.24) is 9.88 Å². The van der Waals surface area contributed by atoms with Gasteiger partial charge in [0.15, 0.2) is 0 Å². The monoisotopic (exact) mass is 494 g/mol. The van der Waals surface area contributed by atoms with Crippen molar-refractivity contribution in [3.8, 4) is 11.5 Å². The zero-order chi connectivity index (χ0) is 23.7. The minimum Gasteiger partial charge on any atom is -0.494 e. The number of nitrogens with one attached hydrogen (secondary N) is 1. The van der Waals surface area contributed by atoms with Gasteiger partial charge in [0.1, 0.15) is 17.5 Å². The van der Waals surface area contributed by atoms with E-state index < -0.39 is 6.09 Å². The predicted octanol–water partition coefficient (Wildman–Crippen LogP) is 7.41. The topological polar surface area (TPSA) is 54.6 Å². The van der Waals surface area contributed by atoms with Crippen LogP contribution in [0.1, 0.15) is 36.2 Å². The summed E-state index contributed by atoms with van der Waals surface area (Å²) < 4.78 is 11.5. The molecule has 3 aromatic carbocycles. The zero-order valence-corrected chi connectivity index (χ0v) is 20.2. The summed E-state index contributed by atoms with van der Waals surface area (Å²) in [6.45, 7) is 3.25. The largest absolute Gasteiger partial charge is 0.494 e. The van der Waals surface area contributed by atoms with E-state index in [2.05, 4.69) is 11.9 Å². The molecule has 174 valence electrons. The number of aromatic amines is 1. The highest BCUT2D eigenvalue weighted by Crippen LogP contribution is 2.40. The first kappa shape index (κ1) is 22.6. The van der Waals surface area contributed by atoms with Crippen molar-refractivity contribution in [1.29, 1.82) is 0 Å². The van der Waals surface area contributed by atoms with E-state index in [-0.39, 0.29) is 6.04 Å². The number of carbonyl (C=O) groups excluding carboxylic acids is 1. The quantitative estimate of drug-likeness (QED) is 0.314. The van der Waals surface area contributed by atoms with Gasteiger partial charge in [0.25, 0.3) is 0 Å². The van der Waals surface area contributed by atoms with Gasteiger partial charge in [-0.25, -0.2) is 4.79 Å². The first-order valence-corrected chi connectivity index (χ1v) is 12.1. The molecule has 1 atom stereocenters. The lowest BCUT2D eigenvalue weighted by Gasteiger charge is -2.35. The molecule has 7 heteroatoms. The maximum atomic E-state index is 13.3. The number of ether oxygens (including phenoxy) is 2. The first-order valence-electron chi connectivity index (χ1n) is 11.3. The van der Waals surface area contributed by atoms with Crippen LogP contribution in [0.25, 0.3) is 10.9 Å². The average Bonchev–Trinajstić information content (AvgIpc) is 3.21. The molecule has 0 aliphatic carbocycles. The lowest BCUT2D eigenvalue weighted by atomic mass is 9.92. The lowest BCUT2D eigenvalue weighted by Crippen LogP contribution is -2.42. The highest BCUT2D eigenvalue weighted by molar-refractivity contribution is 6.31. The van der Waals surface area contributed by atoms with Gasteiger partial charge in [0.2, 0.25) is 0 Å². The van der Waals surface area contributed by atoms with Crippen LogP contribution in [0, 0.1) is 0 Å². The van der Waals surface area contributed by atoms with Crippen LogP contribution >= 0.6 is 23.2 Å². The number of halogens is 2. The van der Waals surface area contributed by atoms with Crippen molar-refractivity contribution < 1.29 is 14.3 Å². The Morgan fingerprint density at radius 1 is 1.00 bits per heavy atom. The summed E-state index contributed by atoms with van der Waals surface area (Å²) >= 11 is 12.3. The summed E-state index contributed by atoms with van der Waals surface area (Å²) in [6, 6.07) is 20.2. The Hall–Kier alpha value is -3.15. The fraction of sp³-hybridized carbons (Fsp3) is 0.222. The molecule has 0 radical (unpaired) electrons. The van der Waals surface area contributed by atoms with E-state index in [0.717, 1.165) is 34.3 Å². The van der Waals surface area contributed by atoms with Crippen LogP contribution in [0.3, 0.4) is 0 Å². The molecular weight excluding hydrogens is 471 g/mol. The van der Waals surface area contributed by atoms with Crippen molar-refractivity contribution in [2.75, 3.05) is 13.2 Å². The van der Waals surface area contributed by atoms with Crippen LogP contribution in [-0.2, 0) is 6.42 Å². The molecule has 1 N–H and O–H groups in total. The van der Waals surface area contributed by atoms with Crippen LogP contribution in [0.2, 0.25) is 10.0 Å². The second-order valence-electron chi connectivity index (χ2n) is 8.29. The number of hydrogen-bond donors (Lipinski definition) is 1. The lowest BCUT2D eigenvalue weighted by molar-refractivity contribution is 0.135. The molecule has 2 heterocycles. The molecule has 1 aliphatic heterocycles. The summed E-state index contributed by atoms with van der Waals surface area (Å²) in [5.41, 5.74) is 4.11. The summed E-state index contributed by atoms with van der Waals surface area (Å²) in [4.78, 5) is 18.6. The average molecular weight is 495 g/mol. The number of H-pyrrole nitrogens is 1. The summed E-state index contributed by atoms with van der Waals surface area (Å²) in [7, 11) is 0. The molecule has 4 aromatic rings. The van der Waals surface area contributed by atoms with Gasteiger partial charge in [-0.1, -0.05) is 42.3 Å². The Labute approximate surface area is 208 Å². The Balaban J connectivity index is 1.53. The van der Waals surface area contributed by atoms with Crippen LogP contribution in [0.15, 0.2) is 66.7 Å². The second kappa shape index (κ2) is 9.61. The molecule has 5 rings (SSSR count). The Bertz CT molecular complexity index is 1320. The third-order valence-corrected chi connectivity index (χ3v) is 6.50. The summed E-state index contributed by atoms with van der Waals surface area (Å²) in [6.07, 6.45) is 1.22. The van der Waals surface area contributed by atoms with E-state index >= 15 is 0 Å². The van der Waals surface area contributed by atoms with E-state index in [4.69, 9.17) is 32.7 Å². The van der Waals surface area contributed by atoms with Gasteiger partial charge in [-0.15, -0.1) is 0 Å². The Morgan fingerprint density at radius 3 is 2.44 bits per heavy atom. The molecule has 0 bridgehead atoms. The predicted molar refractivity (Wildman–Crippen MR) is 135 cm³/mol. The third-order valence-electron chi connectivity index (χ3n) is 6.01. The third kappa shape index (κ3) is 4.46. The molecule has 1 amide bonds. The summed E-state index contributed by atoms with van der Waals surface area (Å²) in [5, 5.41) is 2.36. The number of nitrogens with zero attached hydrogens (tertiary/aromatic N) is 1. The number of carbonyl (C=O) groups is 1. The van der Waals surface area contributed by atoms with Crippen LogP contribution in [0.4, 0.5) is 4.79 Å². The number of rotatable bonds is 5. The van der Waals surface area contributed by atoms with Crippen molar-refractivity contribution >= 4 is 40.2 Å². The maximum absolute atomic E-state index is 13.3. The molecule has 34 heavy (non-hydrogen) atoms. The molecule has 1 aromatic heterocycles. The molecular formula is C27H24Cl2N2O3. The van der Waals surface area contributed by atoms with E-state index in [9.17, 15) is 4.79 Å². The molecule has 5 nitrogen and oxygen atoms in total. The molecule has 0 saturated heterocycles. The van der Waals surface area contributed by atoms with Gasteiger partial charge in [0.05, 0.1) is 6.61 Å². The molecule has 1 aliphatic rings. The van der Waals surface area contributed by atoms with Gasteiger partial charge in [-0.3, -0.25) is 4.90 Å². The number of hydrogen-bond acceptors (Lipinski definition) is 3. The number of fused-ring (bicyclic) bond motifs is 3. The molecule has 0 saturated carbocycles. The Kier molecular flexibility index (Phi) is 6.40. The second-order valence-corrected chi connectivity index (χ2v) is 9.17. The molecule has 0 fully saturated rings. The van der Waals surface area contributed by atoms with E-state index in [1.54, 1.807) is 29.2 Å². The minimum absolute atomic E-state index is 0.338. The zero-order valence-electron chi connectivity index (χ0n) is 18.7. The van der Waals surface area contributed by atoms with Crippen molar-refractivity contribution in [2.24, 2.45) is 0 Å². The van der Waals surface area contributed by atoms with Crippen molar-refractivity contribution in [2.45, 2.75) is 25.8 Å². The summed E-state index contributed by atoms with van der Waals surface area (Å²) in [5.74, 6) is 1.26. The highest BCUT2D eigenvalue weighted by Gasteiger charge is 2.35. The van der Waals surface area contributed by atoms with Gasteiger partial charge in [-0.05, 0) is 78.6 Å². The fourth-order valence-electron chi connectivity index (χ4n) is 4.43. The molecule has 0 spiro atoms. The number of amides is 1. The Morgan fingerprint density at radius 2 is 1.71 bits per heavy atom. The smallest absolute Gasteiger partial charge is 0.416 e. The van der Waals surface area contributed by atoms with Crippen LogP contribution in [0.5, 0.6) is 11.5 Å².